The molecule has 2 rings (SSSR count). The predicted molar refractivity (Wildman–Crippen MR) is 110 cm³/mol. The summed E-state index contributed by atoms with van der Waals surface area (Å²) in [4.78, 5) is 29.0. The van der Waals surface area contributed by atoms with E-state index in [0.717, 1.165) is 12.3 Å². The van der Waals surface area contributed by atoms with Gasteiger partial charge in [0.25, 0.3) is 0 Å². The molecule has 1 saturated heterocycles. The van der Waals surface area contributed by atoms with Crippen LogP contribution in [0.4, 0.5) is 4.79 Å². The zero-order valence-electron chi connectivity index (χ0n) is 17.5. The monoisotopic (exact) mass is 380 g/mol. The molecule has 1 atom stereocenters. The van der Waals surface area contributed by atoms with Gasteiger partial charge in [0.15, 0.2) is 0 Å². The molecule has 0 saturated carbocycles. The van der Waals surface area contributed by atoms with Gasteiger partial charge in [0.1, 0.15) is 20.2 Å². The van der Waals surface area contributed by atoms with Crippen molar-refractivity contribution >= 4 is 19.7 Å². The molecule has 0 radical (unpaired) electrons. The minimum absolute atomic E-state index is 0.130. The number of nitrogens with one attached hydrogen (secondary N) is 1. The minimum atomic E-state index is -0.304. The molecule has 1 heterocycles. The average molecular weight is 381 g/mol. The number of carbonyl (C=O) groups is 3. The standard InChI is InChI=1S/C11H13NO2.C8H19N.2CH2O/c1-8-2-4-9(5-3-8)6-10-7-14-11(13)12-10;1-5-8(6-2)7-9(3)4;2*1-2/h2-5,10H,6-7H2,1H3,(H,12,13);8H,5-7H2,1-4H3;2*1H2/t10-;;;/m0.../s1. The molecule has 1 aromatic carbocycles. The maximum absolute atomic E-state index is 10.8. The summed E-state index contributed by atoms with van der Waals surface area (Å²) in [5.74, 6) is 0.903. The van der Waals surface area contributed by atoms with Gasteiger partial charge in [-0.25, -0.2) is 4.79 Å². The lowest BCUT2D eigenvalue weighted by Crippen LogP contribution is -2.28. The van der Waals surface area contributed by atoms with Crippen LogP contribution in [0.5, 0.6) is 0 Å². The summed E-state index contributed by atoms with van der Waals surface area (Å²) in [6.07, 6.45) is 3.16. The summed E-state index contributed by atoms with van der Waals surface area (Å²) in [6.45, 7) is 12.3. The maximum atomic E-state index is 10.8. The smallest absolute Gasteiger partial charge is 0.407 e. The number of rotatable bonds is 6. The van der Waals surface area contributed by atoms with Crippen molar-refractivity contribution in [2.75, 3.05) is 27.2 Å². The second-order valence-electron chi connectivity index (χ2n) is 6.57. The molecule has 1 aliphatic rings. The molecule has 0 aliphatic carbocycles. The van der Waals surface area contributed by atoms with Gasteiger partial charge < -0.3 is 24.5 Å². The molecule has 6 nitrogen and oxygen atoms in total. The first-order valence-electron chi connectivity index (χ1n) is 9.15. The molecule has 154 valence electrons. The summed E-state index contributed by atoms with van der Waals surface area (Å²) in [6, 6.07) is 8.45. The molecule has 0 spiro atoms. The van der Waals surface area contributed by atoms with Crippen LogP contribution in [0, 0.1) is 12.8 Å². The summed E-state index contributed by atoms with van der Waals surface area (Å²) in [5.41, 5.74) is 2.48. The lowest BCUT2D eigenvalue weighted by atomic mass is 10.0. The summed E-state index contributed by atoms with van der Waals surface area (Å²) in [7, 11) is 4.27. The maximum Gasteiger partial charge on any atom is 0.407 e. The number of benzene rings is 1. The molecule has 1 aromatic rings. The van der Waals surface area contributed by atoms with Crippen LogP contribution in [-0.2, 0) is 20.7 Å². The second-order valence-corrected chi connectivity index (χ2v) is 6.57. The number of nitrogens with zero attached hydrogens (tertiary/aromatic N) is 1. The van der Waals surface area contributed by atoms with Gasteiger partial charge >= 0.3 is 6.09 Å². The van der Waals surface area contributed by atoms with E-state index in [-0.39, 0.29) is 12.1 Å². The van der Waals surface area contributed by atoms with Crippen LogP contribution in [0.3, 0.4) is 0 Å². The third-order valence-electron chi connectivity index (χ3n) is 4.12. The Balaban J connectivity index is 0. The molecule has 0 aromatic heterocycles. The van der Waals surface area contributed by atoms with Gasteiger partial charge in [0.2, 0.25) is 0 Å². The van der Waals surface area contributed by atoms with Gasteiger partial charge in [-0.3, -0.25) is 0 Å². The van der Waals surface area contributed by atoms with Crippen LogP contribution in [-0.4, -0.2) is 57.9 Å². The quantitative estimate of drug-likeness (QED) is 0.820. The van der Waals surface area contributed by atoms with E-state index in [2.05, 4.69) is 69.3 Å². The number of alkyl carbamates (subject to hydrolysis) is 1. The summed E-state index contributed by atoms with van der Waals surface area (Å²) < 4.78 is 4.81. The fraction of sp³-hybridized carbons (Fsp3) is 0.571. The van der Waals surface area contributed by atoms with Crippen LogP contribution < -0.4 is 5.32 Å². The summed E-state index contributed by atoms with van der Waals surface area (Å²) in [5, 5.41) is 2.76. The topological polar surface area (TPSA) is 75.7 Å². The molecule has 27 heavy (non-hydrogen) atoms. The molecule has 1 aliphatic heterocycles. The zero-order valence-corrected chi connectivity index (χ0v) is 17.5. The molecular formula is C21H36N2O4. The van der Waals surface area contributed by atoms with Crippen molar-refractivity contribution in [2.24, 2.45) is 5.92 Å². The fourth-order valence-electron chi connectivity index (χ4n) is 2.61. The summed E-state index contributed by atoms with van der Waals surface area (Å²) >= 11 is 0. The van der Waals surface area contributed by atoms with Crippen molar-refractivity contribution in [2.45, 2.75) is 46.1 Å². The van der Waals surface area contributed by atoms with Gasteiger partial charge in [-0.15, -0.1) is 0 Å². The fourth-order valence-corrected chi connectivity index (χ4v) is 2.61. The Bertz CT molecular complexity index is 485. The Kier molecular flexibility index (Phi) is 17.2. The van der Waals surface area contributed by atoms with Crippen molar-refractivity contribution in [1.29, 1.82) is 0 Å². The van der Waals surface area contributed by atoms with E-state index in [0.29, 0.717) is 6.61 Å². The highest BCUT2D eigenvalue weighted by Gasteiger charge is 2.21. The van der Waals surface area contributed by atoms with Crippen molar-refractivity contribution in [3.05, 3.63) is 35.4 Å². The van der Waals surface area contributed by atoms with Crippen molar-refractivity contribution in [3.8, 4) is 0 Å². The van der Waals surface area contributed by atoms with Gasteiger partial charge in [-0.05, 0) is 38.9 Å². The molecule has 1 amide bonds. The van der Waals surface area contributed by atoms with Crippen LogP contribution in [0.2, 0.25) is 0 Å². The van der Waals surface area contributed by atoms with Gasteiger partial charge in [-0.2, -0.15) is 0 Å². The van der Waals surface area contributed by atoms with E-state index in [1.165, 1.54) is 30.5 Å². The molecule has 6 heteroatoms. The van der Waals surface area contributed by atoms with E-state index in [1.54, 1.807) is 0 Å². The minimum Gasteiger partial charge on any atom is -0.447 e. The molecule has 0 unspecified atom stereocenters. The van der Waals surface area contributed by atoms with Crippen LogP contribution in [0.15, 0.2) is 24.3 Å². The third kappa shape index (κ3) is 13.6. The van der Waals surface area contributed by atoms with E-state index in [1.807, 2.05) is 13.6 Å². The number of amides is 1. The second kappa shape index (κ2) is 17.2. The van der Waals surface area contributed by atoms with Crippen molar-refractivity contribution < 1.29 is 19.1 Å². The molecule has 0 bridgehead atoms. The van der Waals surface area contributed by atoms with E-state index >= 15 is 0 Å². The number of carbonyl (C=O) groups excluding carboxylic acids is 3. The van der Waals surface area contributed by atoms with E-state index in [9.17, 15) is 4.79 Å². The third-order valence-corrected chi connectivity index (χ3v) is 4.12. The zero-order chi connectivity index (χ0) is 21.2. The average Bonchev–Trinajstić information content (AvgIpc) is 3.10. The predicted octanol–water partition coefficient (Wildman–Crippen LogP) is 3.26. The van der Waals surface area contributed by atoms with Crippen LogP contribution in [0.25, 0.3) is 0 Å². The highest BCUT2D eigenvalue weighted by molar-refractivity contribution is 5.69. The Labute approximate surface area is 164 Å². The SMILES string of the molecule is C=O.C=O.CCC(CC)CN(C)C.Cc1ccc(C[C@H]2COC(=O)N2)cc1. The number of hydrogen-bond donors (Lipinski definition) is 1. The lowest BCUT2D eigenvalue weighted by molar-refractivity contribution is -0.0987. The van der Waals surface area contributed by atoms with Gasteiger partial charge in [-0.1, -0.05) is 56.5 Å². The Morgan fingerprint density at radius 2 is 1.63 bits per heavy atom. The lowest BCUT2D eigenvalue weighted by Gasteiger charge is -2.17. The number of hydrogen-bond acceptors (Lipinski definition) is 5. The Morgan fingerprint density at radius 1 is 1.11 bits per heavy atom. The van der Waals surface area contributed by atoms with E-state index < -0.39 is 0 Å². The highest BCUT2D eigenvalue weighted by atomic mass is 16.6. The van der Waals surface area contributed by atoms with Gasteiger partial charge in [0.05, 0.1) is 6.04 Å². The largest absolute Gasteiger partial charge is 0.447 e. The Hall–Kier alpha value is -2.21. The van der Waals surface area contributed by atoms with E-state index in [4.69, 9.17) is 14.3 Å². The van der Waals surface area contributed by atoms with Crippen molar-refractivity contribution in [1.82, 2.24) is 10.2 Å². The van der Waals surface area contributed by atoms with Crippen molar-refractivity contribution in [3.63, 3.8) is 0 Å². The van der Waals surface area contributed by atoms with Crippen LogP contribution >= 0.6 is 0 Å². The molecule has 1 N–H and O–H groups in total. The van der Waals surface area contributed by atoms with Crippen LogP contribution in [0.1, 0.15) is 37.8 Å². The highest BCUT2D eigenvalue weighted by Crippen LogP contribution is 2.09. The number of aryl methyl sites for hydroxylation is 1. The normalized spacial score (nSPS) is 14.6. The number of ether oxygens (including phenoxy) is 1. The molecular weight excluding hydrogens is 344 g/mol. The first-order valence-corrected chi connectivity index (χ1v) is 9.15. The molecule has 1 fully saturated rings. The Morgan fingerprint density at radius 3 is 1.96 bits per heavy atom. The number of cyclic esters (lactones) is 1. The van der Waals surface area contributed by atoms with Gasteiger partial charge in [0, 0.05) is 6.54 Å². The first kappa shape index (κ1) is 27.0. The first-order chi connectivity index (χ1) is 12.9.